The normalized spacial score (nSPS) is 12.2. The predicted octanol–water partition coefficient (Wildman–Crippen LogP) is 15.6. The summed E-state index contributed by atoms with van der Waals surface area (Å²) in [5.74, 6) is 2.24. The summed E-state index contributed by atoms with van der Waals surface area (Å²) >= 11 is 0. The molecule has 0 radical (unpaired) electrons. The Labute approximate surface area is 363 Å². The van der Waals surface area contributed by atoms with E-state index in [1.165, 1.54) is 32.5 Å². The number of hydrogen-bond donors (Lipinski definition) is 0. The molecule has 0 amide bonds. The number of benzene rings is 10. The highest BCUT2D eigenvalue weighted by Crippen LogP contribution is 2.52. The molecule has 5 heteroatoms. The van der Waals surface area contributed by atoms with Crippen molar-refractivity contribution < 1.29 is 4.74 Å². The molecule has 13 rings (SSSR count). The Morgan fingerprint density at radius 1 is 0.397 bits per heavy atom. The summed E-state index contributed by atoms with van der Waals surface area (Å²) in [7, 11) is 0. The van der Waals surface area contributed by atoms with Crippen LogP contribution in [0, 0.1) is 0 Å². The van der Waals surface area contributed by atoms with Gasteiger partial charge in [-0.2, -0.15) is 0 Å². The number of hydrogen-bond acceptors (Lipinski definition) is 4. The smallest absolute Gasteiger partial charge is 0.235 e. The van der Waals surface area contributed by atoms with Crippen LogP contribution in [0.5, 0.6) is 11.5 Å². The van der Waals surface area contributed by atoms with Crippen LogP contribution in [0.4, 0.5) is 17.1 Å². The van der Waals surface area contributed by atoms with Gasteiger partial charge in [-0.3, -0.25) is 4.57 Å². The van der Waals surface area contributed by atoms with Crippen LogP contribution < -0.4 is 9.64 Å². The van der Waals surface area contributed by atoms with Crippen LogP contribution in [0.25, 0.3) is 93.7 Å². The summed E-state index contributed by atoms with van der Waals surface area (Å²) in [5.41, 5.74) is 12.4. The molecule has 0 atom stereocenters. The quantitative estimate of drug-likeness (QED) is 0.174. The number of fused-ring (bicyclic) bond motifs is 9. The second kappa shape index (κ2) is 14.0. The molecule has 3 heterocycles. The van der Waals surface area contributed by atoms with Gasteiger partial charge in [0, 0.05) is 33.0 Å². The molecule has 1 aliphatic rings. The fourth-order valence-corrected chi connectivity index (χ4v) is 9.72. The zero-order valence-electron chi connectivity index (χ0n) is 34.0. The molecule has 63 heavy (non-hydrogen) atoms. The molecule has 1 aliphatic heterocycles. The van der Waals surface area contributed by atoms with Crippen molar-refractivity contribution >= 4 is 71.3 Å². The van der Waals surface area contributed by atoms with E-state index in [1.54, 1.807) is 0 Å². The number of nitrogens with zero attached hydrogens (tertiary/aromatic N) is 4. The first kappa shape index (κ1) is 35.2. The number of aromatic nitrogens is 3. The molecule has 0 saturated carbocycles. The zero-order chi connectivity index (χ0) is 41.4. The van der Waals surface area contributed by atoms with E-state index in [0.29, 0.717) is 5.95 Å². The molecule has 0 bridgehead atoms. The summed E-state index contributed by atoms with van der Waals surface area (Å²) in [6, 6.07) is 77.3. The molecule has 5 nitrogen and oxygen atoms in total. The first-order valence-electron chi connectivity index (χ1n) is 21.3. The van der Waals surface area contributed by atoms with Crippen LogP contribution in [0.2, 0.25) is 0 Å². The lowest BCUT2D eigenvalue weighted by molar-refractivity contribution is 0.477. The largest absolute Gasteiger partial charge is 0.453 e. The Hall–Kier alpha value is -8.54. The average molecular weight is 805 g/mol. The maximum Gasteiger partial charge on any atom is 0.235 e. The molecular weight excluding hydrogens is 769 g/mol. The van der Waals surface area contributed by atoms with Crippen LogP contribution in [-0.2, 0) is 0 Å². The van der Waals surface area contributed by atoms with E-state index in [2.05, 4.69) is 216 Å². The van der Waals surface area contributed by atoms with Crippen LogP contribution >= 0.6 is 0 Å². The van der Waals surface area contributed by atoms with Crippen LogP contribution in [0.15, 0.2) is 218 Å². The number of para-hydroxylation sites is 5. The third-order valence-electron chi connectivity index (χ3n) is 12.6. The fourth-order valence-electron chi connectivity index (χ4n) is 9.72. The predicted molar refractivity (Wildman–Crippen MR) is 260 cm³/mol. The van der Waals surface area contributed by atoms with Gasteiger partial charge < -0.3 is 9.64 Å². The number of anilines is 3. The minimum absolute atomic E-state index is 0.616. The summed E-state index contributed by atoms with van der Waals surface area (Å²) in [6.45, 7) is 0. The monoisotopic (exact) mass is 804 g/mol. The lowest BCUT2D eigenvalue weighted by atomic mass is 9.96. The van der Waals surface area contributed by atoms with Crippen molar-refractivity contribution in [1.82, 2.24) is 14.5 Å². The minimum atomic E-state index is 0.616. The first-order chi connectivity index (χ1) is 31.2. The van der Waals surface area contributed by atoms with E-state index in [9.17, 15) is 0 Å². The van der Waals surface area contributed by atoms with E-state index in [4.69, 9.17) is 14.7 Å². The van der Waals surface area contributed by atoms with Crippen molar-refractivity contribution in [3.05, 3.63) is 218 Å². The SMILES string of the molecule is c1ccc(N2c3ccccc3Oc3ccc(-c4cccc5c6c7ccccc7ccc6n(-c6nc(-c7ccc(-c8cccc9ccccc89)cc7)c7ccccc7n6)c45)cc32)cc1. The molecule has 12 aromatic rings. The minimum Gasteiger partial charge on any atom is -0.453 e. The highest BCUT2D eigenvalue weighted by molar-refractivity contribution is 6.23. The fraction of sp³-hybridized carbons (Fsp3) is 0. The second-order valence-corrected chi connectivity index (χ2v) is 16.1. The van der Waals surface area contributed by atoms with Gasteiger partial charge in [-0.1, -0.05) is 170 Å². The van der Waals surface area contributed by atoms with Crippen molar-refractivity contribution in [2.45, 2.75) is 0 Å². The number of rotatable bonds is 5. The Bertz CT molecular complexity index is 3770. The summed E-state index contributed by atoms with van der Waals surface area (Å²) in [6.07, 6.45) is 0. The average Bonchev–Trinajstić information content (AvgIpc) is 3.70. The lowest BCUT2D eigenvalue weighted by Gasteiger charge is -2.33. The Balaban J connectivity index is 1.05. The van der Waals surface area contributed by atoms with Crippen molar-refractivity contribution in [3.8, 4) is 51.0 Å². The third-order valence-corrected chi connectivity index (χ3v) is 12.6. The number of ether oxygens (including phenoxy) is 1. The summed E-state index contributed by atoms with van der Waals surface area (Å²) in [4.78, 5) is 13.2. The van der Waals surface area contributed by atoms with Gasteiger partial charge >= 0.3 is 0 Å². The lowest BCUT2D eigenvalue weighted by Crippen LogP contribution is -2.15. The van der Waals surface area contributed by atoms with Crippen LogP contribution in [0.1, 0.15) is 0 Å². The van der Waals surface area contributed by atoms with Gasteiger partial charge in [0.25, 0.3) is 0 Å². The van der Waals surface area contributed by atoms with Crippen LogP contribution in [-0.4, -0.2) is 14.5 Å². The molecule has 0 saturated heterocycles. The highest BCUT2D eigenvalue weighted by Gasteiger charge is 2.27. The molecule has 10 aromatic carbocycles. The third kappa shape index (κ3) is 5.57. The van der Waals surface area contributed by atoms with Crippen molar-refractivity contribution in [1.29, 1.82) is 0 Å². The molecule has 0 fully saturated rings. The summed E-state index contributed by atoms with van der Waals surface area (Å²) < 4.78 is 8.86. The Morgan fingerprint density at radius 3 is 1.90 bits per heavy atom. The van der Waals surface area contributed by atoms with Crippen molar-refractivity contribution in [3.63, 3.8) is 0 Å². The van der Waals surface area contributed by atoms with E-state index in [-0.39, 0.29) is 0 Å². The van der Waals surface area contributed by atoms with Gasteiger partial charge in [0.1, 0.15) is 0 Å². The molecule has 0 N–H and O–H groups in total. The topological polar surface area (TPSA) is 43.2 Å². The molecule has 2 aromatic heterocycles. The van der Waals surface area contributed by atoms with Gasteiger partial charge in [0.05, 0.1) is 33.6 Å². The Morgan fingerprint density at radius 2 is 1.03 bits per heavy atom. The molecule has 0 spiro atoms. The molecule has 0 aliphatic carbocycles. The Kier molecular flexibility index (Phi) is 7.84. The molecular formula is C58H36N4O. The van der Waals surface area contributed by atoms with E-state index in [1.807, 2.05) is 12.1 Å². The molecule has 0 unspecified atom stereocenters. The van der Waals surface area contributed by atoms with E-state index >= 15 is 0 Å². The second-order valence-electron chi connectivity index (χ2n) is 16.1. The summed E-state index contributed by atoms with van der Waals surface area (Å²) in [5, 5.41) is 8.14. The first-order valence-corrected chi connectivity index (χ1v) is 21.3. The van der Waals surface area contributed by atoms with Crippen LogP contribution in [0.3, 0.4) is 0 Å². The van der Waals surface area contributed by atoms with Crippen molar-refractivity contribution in [2.24, 2.45) is 0 Å². The van der Waals surface area contributed by atoms with Crippen molar-refractivity contribution in [2.75, 3.05) is 4.90 Å². The zero-order valence-corrected chi connectivity index (χ0v) is 34.0. The van der Waals surface area contributed by atoms with Gasteiger partial charge in [0.15, 0.2) is 11.5 Å². The van der Waals surface area contributed by atoms with E-state index < -0.39 is 0 Å². The van der Waals surface area contributed by atoms with E-state index in [0.717, 1.165) is 83.8 Å². The van der Waals surface area contributed by atoms with Gasteiger partial charge in [-0.25, -0.2) is 9.97 Å². The highest BCUT2D eigenvalue weighted by atomic mass is 16.5. The van der Waals surface area contributed by atoms with Gasteiger partial charge in [-0.05, 0) is 86.8 Å². The molecule has 294 valence electrons. The van der Waals surface area contributed by atoms with Gasteiger partial charge in [0.2, 0.25) is 5.95 Å². The maximum absolute atomic E-state index is 6.58. The maximum atomic E-state index is 6.58. The van der Waals surface area contributed by atoms with Gasteiger partial charge in [-0.15, -0.1) is 0 Å². The standard InChI is InChI=1S/C58H36N4O/c1-2-17-42(18-3-1)61-50-26-10-11-27-53(50)63-54-35-33-41(36-52(54)61)46-23-13-24-48-55-45-20-7-5-15-38(45)32-34-51(55)62(57(46)48)58-59-49-25-9-8-21-47(49)56(60-58)40-30-28-39(29-31-40)44-22-12-16-37-14-4-6-19-43(37)44/h1-36H.